The van der Waals surface area contributed by atoms with Crippen molar-refractivity contribution in [2.24, 2.45) is 5.92 Å². The number of likely N-dealkylation sites (tertiary alicyclic amines) is 1. The molecule has 5 rings (SSSR count). The van der Waals surface area contributed by atoms with Crippen molar-refractivity contribution >= 4 is 12.0 Å². The number of fused-ring (bicyclic) bond motifs is 2. The van der Waals surface area contributed by atoms with Gasteiger partial charge < -0.3 is 14.8 Å². The lowest BCUT2D eigenvalue weighted by atomic mass is 9.97. The Morgan fingerprint density at radius 3 is 2.45 bits per heavy atom. The number of amides is 2. The van der Waals surface area contributed by atoms with Crippen LogP contribution in [0.25, 0.3) is 16.9 Å². The van der Waals surface area contributed by atoms with Gasteiger partial charge in [-0.15, -0.1) is 5.10 Å². The molecule has 1 saturated heterocycles. The van der Waals surface area contributed by atoms with Crippen LogP contribution in [-0.2, 0) is 16.0 Å². The summed E-state index contributed by atoms with van der Waals surface area (Å²) in [6, 6.07) is 16.2. The highest BCUT2D eigenvalue weighted by atomic mass is 16.6. The van der Waals surface area contributed by atoms with E-state index in [1.54, 1.807) is 9.58 Å². The minimum Gasteiger partial charge on any atom is -0.491 e. The third-order valence-electron chi connectivity index (χ3n) is 7.59. The van der Waals surface area contributed by atoms with E-state index in [0.29, 0.717) is 6.42 Å². The number of hydrogen-bond acceptors (Lipinski definition) is 7. The first-order valence-electron chi connectivity index (χ1n) is 14.5. The van der Waals surface area contributed by atoms with Gasteiger partial charge in [0.25, 0.3) is 0 Å². The van der Waals surface area contributed by atoms with Crippen molar-refractivity contribution in [3.63, 3.8) is 0 Å². The number of carbonyl (C=O) groups excluding carboxylic acids is 2. The Morgan fingerprint density at radius 2 is 1.81 bits per heavy atom. The number of nitriles is 1. The molecule has 220 valence electrons. The van der Waals surface area contributed by atoms with Gasteiger partial charge in [-0.2, -0.15) is 5.26 Å². The van der Waals surface area contributed by atoms with E-state index in [0.717, 1.165) is 47.5 Å². The molecule has 2 bridgehead atoms. The van der Waals surface area contributed by atoms with Crippen LogP contribution >= 0.6 is 0 Å². The standard InChI is InChI=1S/C32H38N6O4/c1-20(2)41-27-14-9-22(10-15-27)28-19-37(36-35-28)25-11-6-21(7-12-25)16-24(18-33)34-30(39)29-23-8-13-26(17-23)38(29)31(40)42-32(3,4)5/h6-7,9-12,14-15,19-20,23-24,26,29H,8,13,16-17H2,1-5H3,(H,34,39). The van der Waals surface area contributed by atoms with Crippen molar-refractivity contribution in [1.82, 2.24) is 25.2 Å². The third-order valence-corrected chi connectivity index (χ3v) is 7.59. The predicted molar refractivity (Wildman–Crippen MR) is 157 cm³/mol. The zero-order valence-corrected chi connectivity index (χ0v) is 24.8. The summed E-state index contributed by atoms with van der Waals surface area (Å²) in [4.78, 5) is 27.9. The van der Waals surface area contributed by atoms with E-state index >= 15 is 0 Å². The Labute approximate surface area is 246 Å². The Morgan fingerprint density at radius 1 is 1.10 bits per heavy atom. The zero-order chi connectivity index (χ0) is 30.0. The van der Waals surface area contributed by atoms with Crippen LogP contribution in [0.15, 0.2) is 54.7 Å². The van der Waals surface area contributed by atoms with E-state index in [1.165, 1.54) is 0 Å². The summed E-state index contributed by atoms with van der Waals surface area (Å²) in [6.07, 6.45) is 4.39. The maximum atomic E-state index is 13.4. The van der Waals surface area contributed by atoms with Crippen molar-refractivity contribution in [3.05, 3.63) is 60.3 Å². The van der Waals surface area contributed by atoms with Crippen molar-refractivity contribution in [1.29, 1.82) is 5.26 Å². The Kier molecular flexibility index (Phi) is 8.21. The highest BCUT2D eigenvalue weighted by Crippen LogP contribution is 2.43. The quantitative estimate of drug-likeness (QED) is 0.402. The molecule has 2 amide bonds. The molecule has 10 heteroatoms. The molecule has 1 N–H and O–H groups in total. The van der Waals surface area contributed by atoms with Crippen molar-refractivity contribution < 1.29 is 19.1 Å². The number of benzene rings is 2. The van der Waals surface area contributed by atoms with Crippen LogP contribution in [-0.4, -0.2) is 61.7 Å². The van der Waals surface area contributed by atoms with Crippen LogP contribution < -0.4 is 10.1 Å². The zero-order valence-electron chi connectivity index (χ0n) is 24.8. The maximum absolute atomic E-state index is 13.4. The molecule has 42 heavy (non-hydrogen) atoms. The minimum absolute atomic E-state index is 0.00392. The van der Waals surface area contributed by atoms with Gasteiger partial charge in [-0.25, -0.2) is 9.48 Å². The molecule has 1 aliphatic carbocycles. The highest BCUT2D eigenvalue weighted by molar-refractivity contribution is 5.87. The number of rotatable bonds is 8. The van der Waals surface area contributed by atoms with Gasteiger partial charge in [0.05, 0.1) is 24.1 Å². The fraction of sp³-hybridized carbons (Fsp3) is 0.469. The monoisotopic (exact) mass is 570 g/mol. The first-order chi connectivity index (χ1) is 20.0. The summed E-state index contributed by atoms with van der Waals surface area (Å²) >= 11 is 0. The molecule has 1 aromatic heterocycles. The highest BCUT2D eigenvalue weighted by Gasteiger charge is 2.52. The smallest absolute Gasteiger partial charge is 0.411 e. The Bertz CT molecular complexity index is 1450. The van der Waals surface area contributed by atoms with E-state index < -0.39 is 23.8 Å². The van der Waals surface area contributed by atoms with Crippen LogP contribution in [0.3, 0.4) is 0 Å². The van der Waals surface area contributed by atoms with Crippen molar-refractivity contribution in [2.75, 3.05) is 0 Å². The summed E-state index contributed by atoms with van der Waals surface area (Å²) < 4.78 is 13.0. The molecule has 10 nitrogen and oxygen atoms in total. The summed E-state index contributed by atoms with van der Waals surface area (Å²) in [5.74, 6) is 0.592. The van der Waals surface area contributed by atoms with Crippen LogP contribution in [0.2, 0.25) is 0 Å². The number of hydrogen-bond donors (Lipinski definition) is 1. The fourth-order valence-corrected chi connectivity index (χ4v) is 5.81. The topological polar surface area (TPSA) is 122 Å². The van der Waals surface area contributed by atoms with Gasteiger partial charge in [-0.1, -0.05) is 17.3 Å². The van der Waals surface area contributed by atoms with Crippen LogP contribution in [0.1, 0.15) is 59.4 Å². The second kappa shape index (κ2) is 11.8. The second-order valence-electron chi connectivity index (χ2n) is 12.4. The first kappa shape index (κ1) is 29.1. The molecule has 1 aliphatic heterocycles. The molecular weight excluding hydrogens is 532 g/mol. The van der Waals surface area contributed by atoms with Gasteiger partial charge in [-0.3, -0.25) is 9.69 Å². The third kappa shape index (κ3) is 6.56. The molecule has 4 atom stereocenters. The van der Waals surface area contributed by atoms with Gasteiger partial charge in [0, 0.05) is 18.0 Å². The van der Waals surface area contributed by atoms with E-state index in [9.17, 15) is 14.9 Å². The summed E-state index contributed by atoms with van der Waals surface area (Å²) in [5, 5.41) is 21.3. The van der Waals surface area contributed by atoms with Gasteiger partial charge in [-0.05, 0) is 102 Å². The number of carbonyl (C=O) groups is 2. The lowest BCUT2D eigenvalue weighted by Crippen LogP contribution is -2.55. The molecule has 0 spiro atoms. The van der Waals surface area contributed by atoms with Crippen LogP contribution in [0.4, 0.5) is 4.79 Å². The van der Waals surface area contributed by atoms with E-state index in [-0.39, 0.29) is 24.0 Å². The minimum atomic E-state index is -0.733. The van der Waals surface area contributed by atoms with E-state index in [2.05, 4.69) is 21.7 Å². The molecule has 4 unspecified atom stereocenters. The average Bonchev–Trinajstić information content (AvgIpc) is 3.69. The Balaban J connectivity index is 1.21. The molecule has 1 saturated carbocycles. The fourth-order valence-electron chi connectivity index (χ4n) is 5.81. The van der Waals surface area contributed by atoms with Crippen molar-refractivity contribution in [2.45, 2.75) is 90.1 Å². The maximum Gasteiger partial charge on any atom is 0.411 e. The molecule has 2 aromatic carbocycles. The lowest BCUT2D eigenvalue weighted by molar-refractivity contribution is -0.128. The van der Waals surface area contributed by atoms with E-state index in [1.807, 2.05) is 89.3 Å². The van der Waals surface area contributed by atoms with Crippen LogP contribution in [0.5, 0.6) is 5.75 Å². The summed E-state index contributed by atoms with van der Waals surface area (Å²) in [6.45, 7) is 9.42. The lowest BCUT2D eigenvalue weighted by Gasteiger charge is -2.35. The van der Waals surface area contributed by atoms with Crippen LogP contribution in [0, 0.1) is 17.2 Å². The molecule has 2 heterocycles. The number of nitrogens with one attached hydrogen (secondary N) is 1. The Hall–Kier alpha value is -4.39. The molecule has 3 aromatic rings. The van der Waals surface area contributed by atoms with Gasteiger partial charge in [0.1, 0.15) is 29.1 Å². The van der Waals surface area contributed by atoms with Gasteiger partial charge in [0.15, 0.2) is 0 Å². The summed E-state index contributed by atoms with van der Waals surface area (Å²) in [5.41, 5.74) is 2.74. The second-order valence-corrected chi connectivity index (χ2v) is 12.4. The first-order valence-corrected chi connectivity index (χ1v) is 14.5. The summed E-state index contributed by atoms with van der Waals surface area (Å²) in [7, 11) is 0. The number of ether oxygens (including phenoxy) is 2. The van der Waals surface area contributed by atoms with Gasteiger partial charge in [0.2, 0.25) is 5.91 Å². The number of nitrogens with zero attached hydrogens (tertiary/aromatic N) is 5. The predicted octanol–water partition coefficient (Wildman–Crippen LogP) is 5.06. The molecule has 0 radical (unpaired) electrons. The SMILES string of the molecule is CC(C)Oc1ccc(-c2cn(-c3ccc(CC(C#N)NC(=O)C4C5CCC(C5)N4C(=O)OC(C)(C)C)cc3)nn2)cc1. The molecule has 2 fully saturated rings. The largest absolute Gasteiger partial charge is 0.491 e. The number of aromatic nitrogens is 3. The van der Waals surface area contributed by atoms with E-state index in [4.69, 9.17) is 9.47 Å². The average molecular weight is 571 g/mol. The van der Waals surface area contributed by atoms with Crippen molar-refractivity contribution in [3.8, 4) is 28.8 Å². The normalized spacial score (nSPS) is 20.3. The number of piperidine rings is 1. The molecule has 2 aliphatic rings. The molecular formula is C32H38N6O4. The van der Waals surface area contributed by atoms with Gasteiger partial charge >= 0.3 is 6.09 Å².